The van der Waals surface area contributed by atoms with Gasteiger partial charge in [-0.05, 0) is 73.5 Å². The maximum absolute atomic E-state index is 12.8. The summed E-state index contributed by atoms with van der Waals surface area (Å²) in [7, 11) is 2.86. The molecular weight excluding hydrogens is 440 g/mol. The van der Waals surface area contributed by atoms with Crippen LogP contribution in [0.25, 0.3) is 0 Å². The summed E-state index contributed by atoms with van der Waals surface area (Å²) in [6.07, 6.45) is 0. The largest absolute Gasteiger partial charge is 0.493 e. The maximum Gasteiger partial charge on any atom is 0.255 e. The van der Waals surface area contributed by atoms with E-state index in [0.29, 0.717) is 11.3 Å². The minimum absolute atomic E-state index is 0.197. The molecule has 8 heteroatoms. The highest BCUT2D eigenvalue weighted by Gasteiger charge is 2.18. The van der Waals surface area contributed by atoms with Crippen molar-refractivity contribution in [3.8, 4) is 17.2 Å². The van der Waals surface area contributed by atoms with Gasteiger partial charge in [0.25, 0.3) is 11.8 Å². The Balaban J connectivity index is 1.73. The third-order valence-corrected chi connectivity index (χ3v) is 5.91. The van der Waals surface area contributed by atoms with E-state index in [1.54, 1.807) is 11.8 Å². The molecule has 7 nitrogen and oxygen atoms in total. The van der Waals surface area contributed by atoms with E-state index in [4.69, 9.17) is 19.9 Å². The summed E-state index contributed by atoms with van der Waals surface area (Å²) >= 11 is 1.66. The van der Waals surface area contributed by atoms with Crippen molar-refractivity contribution in [1.29, 1.82) is 0 Å². The number of rotatable bonds is 9. The number of amides is 2. The molecule has 0 heterocycles. The molecule has 0 aliphatic carbocycles. The number of hydrogen-bond donors (Lipinski definition) is 2. The Labute approximate surface area is 197 Å². The monoisotopic (exact) mass is 466 g/mol. The molecule has 0 unspecified atom stereocenters. The molecule has 3 aromatic rings. The molecule has 33 heavy (non-hydrogen) atoms. The van der Waals surface area contributed by atoms with Crippen LogP contribution in [0.15, 0.2) is 64.4 Å². The van der Waals surface area contributed by atoms with E-state index < -0.39 is 5.91 Å². The molecule has 0 saturated carbocycles. The van der Waals surface area contributed by atoms with Gasteiger partial charge in [-0.3, -0.25) is 9.59 Å². The lowest BCUT2D eigenvalue weighted by atomic mass is 10.1. The third kappa shape index (κ3) is 6.20. The topological polar surface area (TPSA) is 99.9 Å². The SMILES string of the molecule is COc1cc(C(=O)Nc2ccc(Sc3ccc(C)c(C)c3)cc2)cc(OC)c1OCC(N)=O. The molecule has 0 fully saturated rings. The molecule has 0 aliphatic heterocycles. The molecule has 0 aromatic heterocycles. The van der Waals surface area contributed by atoms with E-state index in [1.165, 1.54) is 37.5 Å². The average Bonchev–Trinajstić information content (AvgIpc) is 2.80. The molecule has 0 radical (unpaired) electrons. The molecule has 3 aromatic carbocycles. The van der Waals surface area contributed by atoms with Crippen LogP contribution in [0.3, 0.4) is 0 Å². The van der Waals surface area contributed by atoms with E-state index >= 15 is 0 Å². The zero-order chi connectivity index (χ0) is 24.0. The van der Waals surface area contributed by atoms with Crippen LogP contribution >= 0.6 is 11.8 Å². The van der Waals surface area contributed by atoms with Gasteiger partial charge in [0.15, 0.2) is 18.1 Å². The van der Waals surface area contributed by atoms with Crippen LogP contribution in [0.1, 0.15) is 21.5 Å². The second-order valence-corrected chi connectivity index (χ2v) is 8.44. The third-order valence-electron chi connectivity index (χ3n) is 4.91. The standard InChI is InChI=1S/C25H26N2O5S/c1-15-5-8-20(11-16(15)2)33-19-9-6-18(7-10-19)27-25(29)17-12-21(30-3)24(22(13-17)31-4)32-14-23(26)28/h5-13H,14H2,1-4H3,(H2,26,28)(H,27,29). The van der Waals surface area contributed by atoms with Gasteiger partial charge in [-0.15, -0.1) is 0 Å². The van der Waals surface area contributed by atoms with Crippen molar-refractivity contribution >= 4 is 29.3 Å². The summed E-state index contributed by atoms with van der Waals surface area (Å²) in [5, 5.41) is 2.86. The minimum atomic E-state index is -0.639. The Morgan fingerprint density at radius 2 is 1.48 bits per heavy atom. The number of hydrogen-bond acceptors (Lipinski definition) is 6. The van der Waals surface area contributed by atoms with Crippen LogP contribution in [0.5, 0.6) is 17.2 Å². The second kappa shape index (κ2) is 10.8. The van der Waals surface area contributed by atoms with Gasteiger partial charge in [0.05, 0.1) is 14.2 Å². The van der Waals surface area contributed by atoms with Gasteiger partial charge in [0, 0.05) is 21.0 Å². The van der Waals surface area contributed by atoms with Gasteiger partial charge >= 0.3 is 0 Å². The van der Waals surface area contributed by atoms with Gasteiger partial charge in [0.2, 0.25) is 5.75 Å². The van der Waals surface area contributed by atoms with Crippen LogP contribution in [0, 0.1) is 13.8 Å². The van der Waals surface area contributed by atoms with E-state index in [2.05, 4.69) is 37.4 Å². The predicted molar refractivity (Wildman–Crippen MR) is 129 cm³/mol. The van der Waals surface area contributed by atoms with Crippen LogP contribution in [-0.4, -0.2) is 32.6 Å². The van der Waals surface area contributed by atoms with Gasteiger partial charge in [0.1, 0.15) is 0 Å². The lowest BCUT2D eigenvalue weighted by Gasteiger charge is -2.15. The molecule has 0 atom stereocenters. The van der Waals surface area contributed by atoms with Gasteiger partial charge < -0.3 is 25.3 Å². The number of anilines is 1. The highest BCUT2D eigenvalue weighted by molar-refractivity contribution is 7.99. The quantitative estimate of drug-likeness (QED) is 0.479. The number of nitrogens with two attached hydrogens (primary N) is 1. The van der Waals surface area contributed by atoms with E-state index in [-0.39, 0.29) is 29.8 Å². The summed E-state index contributed by atoms with van der Waals surface area (Å²) in [5.41, 5.74) is 8.61. The summed E-state index contributed by atoms with van der Waals surface area (Å²) in [5.74, 6) is -0.285. The number of carbonyl (C=O) groups is 2. The molecule has 0 aliphatic rings. The van der Waals surface area contributed by atoms with E-state index in [1.807, 2.05) is 24.3 Å². The average molecular weight is 467 g/mol. The van der Waals surface area contributed by atoms with Crippen molar-refractivity contribution in [3.05, 3.63) is 71.3 Å². The number of methoxy groups -OCH3 is 2. The molecule has 0 bridgehead atoms. The fraction of sp³-hybridized carbons (Fsp3) is 0.200. The fourth-order valence-electron chi connectivity index (χ4n) is 3.02. The Bertz CT molecular complexity index is 1140. The summed E-state index contributed by atoms with van der Waals surface area (Å²) < 4.78 is 16.0. The van der Waals surface area contributed by atoms with Crippen LogP contribution in [0.4, 0.5) is 5.69 Å². The predicted octanol–water partition coefficient (Wildman–Crippen LogP) is 4.59. The highest BCUT2D eigenvalue weighted by Crippen LogP contribution is 2.39. The smallest absolute Gasteiger partial charge is 0.255 e. The zero-order valence-electron chi connectivity index (χ0n) is 18.9. The second-order valence-electron chi connectivity index (χ2n) is 7.29. The molecular formula is C25H26N2O5S. The van der Waals surface area contributed by atoms with Crippen molar-refractivity contribution in [1.82, 2.24) is 0 Å². The van der Waals surface area contributed by atoms with Gasteiger partial charge in [-0.2, -0.15) is 0 Å². The van der Waals surface area contributed by atoms with Crippen LogP contribution in [0.2, 0.25) is 0 Å². The number of carbonyl (C=O) groups excluding carboxylic acids is 2. The number of nitrogens with one attached hydrogen (secondary N) is 1. The van der Waals surface area contributed by atoms with Crippen molar-refractivity contribution in [3.63, 3.8) is 0 Å². The number of ether oxygens (including phenoxy) is 3. The minimum Gasteiger partial charge on any atom is -0.493 e. The number of benzene rings is 3. The lowest BCUT2D eigenvalue weighted by molar-refractivity contribution is -0.120. The Hall–Kier alpha value is -3.65. The molecule has 3 rings (SSSR count). The van der Waals surface area contributed by atoms with E-state index in [0.717, 1.165) is 9.79 Å². The number of aryl methyl sites for hydroxylation is 2. The summed E-state index contributed by atoms with van der Waals surface area (Å²) in [6.45, 7) is 3.84. The van der Waals surface area contributed by atoms with Crippen molar-refractivity contribution in [2.45, 2.75) is 23.6 Å². The first-order valence-corrected chi connectivity index (χ1v) is 11.0. The Morgan fingerprint density at radius 3 is 2.03 bits per heavy atom. The first-order chi connectivity index (χ1) is 15.8. The molecule has 172 valence electrons. The zero-order valence-corrected chi connectivity index (χ0v) is 19.7. The first-order valence-electron chi connectivity index (χ1n) is 10.1. The normalized spacial score (nSPS) is 10.4. The van der Waals surface area contributed by atoms with Gasteiger partial charge in [-0.1, -0.05) is 17.8 Å². The van der Waals surface area contributed by atoms with Crippen LogP contribution < -0.4 is 25.3 Å². The van der Waals surface area contributed by atoms with Crippen LogP contribution in [-0.2, 0) is 4.79 Å². The molecule has 3 N–H and O–H groups in total. The van der Waals surface area contributed by atoms with Crippen molar-refractivity contribution in [2.24, 2.45) is 5.73 Å². The fourth-order valence-corrected chi connectivity index (χ4v) is 3.94. The molecule has 2 amide bonds. The van der Waals surface area contributed by atoms with Crippen molar-refractivity contribution < 1.29 is 23.8 Å². The summed E-state index contributed by atoms with van der Waals surface area (Å²) in [6, 6.07) is 17.0. The van der Waals surface area contributed by atoms with E-state index in [9.17, 15) is 9.59 Å². The molecule has 0 saturated heterocycles. The van der Waals surface area contributed by atoms with Gasteiger partial charge in [-0.25, -0.2) is 0 Å². The first kappa shape index (κ1) is 24.0. The lowest BCUT2D eigenvalue weighted by Crippen LogP contribution is -2.20. The Kier molecular flexibility index (Phi) is 7.84. The van der Waals surface area contributed by atoms with Crippen molar-refractivity contribution in [2.75, 3.05) is 26.1 Å². The summed E-state index contributed by atoms with van der Waals surface area (Å²) in [4.78, 5) is 26.1. The maximum atomic E-state index is 12.8. The molecule has 0 spiro atoms. The Morgan fingerprint density at radius 1 is 0.879 bits per heavy atom. The highest BCUT2D eigenvalue weighted by atomic mass is 32.2. The number of primary amides is 1.